The summed E-state index contributed by atoms with van der Waals surface area (Å²) >= 11 is 0. The number of rotatable bonds is 11. The van der Waals surface area contributed by atoms with Gasteiger partial charge in [-0.15, -0.1) is 6.58 Å². The van der Waals surface area contributed by atoms with Crippen molar-refractivity contribution in [3.63, 3.8) is 0 Å². The molecular formula is C25H27N3O4. The van der Waals surface area contributed by atoms with Crippen molar-refractivity contribution in [2.45, 2.75) is 25.9 Å². The van der Waals surface area contributed by atoms with E-state index < -0.39 is 0 Å². The summed E-state index contributed by atoms with van der Waals surface area (Å²) in [6.07, 6.45) is 2.70. The van der Waals surface area contributed by atoms with Gasteiger partial charge in [-0.1, -0.05) is 53.7 Å². The molecular weight excluding hydrogens is 406 g/mol. The summed E-state index contributed by atoms with van der Waals surface area (Å²) < 4.78 is 10.4. The predicted molar refractivity (Wildman–Crippen MR) is 121 cm³/mol. The van der Waals surface area contributed by atoms with E-state index in [2.05, 4.69) is 17.1 Å². The fourth-order valence-electron chi connectivity index (χ4n) is 3.16. The lowest BCUT2D eigenvalue weighted by molar-refractivity contribution is -0.131. The molecule has 0 fully saturated rings. The van der Waals surface area contributed by atoms with E-state index >= 15 is 0 Å². The van der Waals surface area contributed by atoms with Gasteiger partial charge in [-0.05, 0) is 29.7 Å². The number of amides is 2. The number of carbonyl (C=O) groups excluding carboxylic acids is 2. The molecule has 166 valence electrons. The summed E-state index contributed by atoms with van der Waals surface area (Å²) in [7, 11) is 1.60. The second-order valence-electron chi connectivity index (χ2n) is 7.26. The first-order chi connectivity index (χ1) is 15.6. The van der Waals surface area contributed by atoms with Crippen LogP contribution in [0.15, 0.2) is 77.8 Å². The van der Waals surface area contributed by atoms with Crippen molar-refractivity contribution in [1.29, 1.82) is 0 Å². The summed E-state index contributed by atoms with van der Waals surface area (Å²) in [4.78, 5) is 26.7. The highest BCUT2D eigenvalue weighted by Crippen LogP contribution is 2.13. The second-order valence-corrected chi connectivity index (χ2v) is 7.26. The minimum Gasteiger partial charge on any atom is -0.497 e. The van der Waals surface area contributed by atoms with Gasteiger partial charge in [-0.2, -0.15) is 0 Å². The smallest absolute Gasteiger partial charge is 0.273 e. The van der Waals surface area contributed by atoms with E-state index in [0.717, 1.165) is 16.9 Å². The molecule has 2 amide bonds. The first-order valence-corrected chi connectivity index (χ1v) is 10.4. The van der Waals surface area contributed by atoms with Gasteiger partial charge in [-0.25, -0.2) is 0 Å². The maximum atomic E-state index is 12.7. The fraction of sp³-hybridized carbons (Fsp3) is 0.240. The van der Waals surface area contributed by atoms with Crippen LogP contribution in [0, 0.1) is 0 Å². The number of aromatic nitrogens is 1. The molecule has 3 rings (SSSR count). The van der Waals surface area contributed by atoms with Gasteiger partial charge in [0.2, 0.25) is 5.91 Å². The van der Waals surface area contributed by atoms with Crippen molar-refractivity contribution < 1.29 is 18.8 Å². The van der Waals surface area contributed by atoms with E-state index in [1.807, 2.05) is 54.6 Å². The van der Waals surface area contributed by atoms with E-state index in [0.29, 0.717) is 31.7 Å². The second kappa shape index (κ2) is 11.5. The van der Waals surface area contributed by atoms with Crippen LogP contribution in [0.25, 0.3) is 0 Å². The molecule has 1 heterocycles. The summed E-state index contributed by atoms with van der Waals surface area (Å²) in [5.41, 5.74) is 2.21. The lowest BCUT2D eigenvalue weighted by atomic mass is 10.1. The van der Waals surface area contributed by atoms with Gasteiger partial charge in [0.25, 0.3) is 5.91 Å². The van der Waals surface area contributed by atoms with Gasteiger partial charge in [0, 0.05) is 25.6 Å². The monoisotopic (exact) mass is 433 g/mol. The third-order valence-corrected chi connectivity index (χ3v) is 4.92. The van der Waals surface area contributed by atoms with Crippen LogP contribution in [0.5, 0.6) is 5.75 Å². The summed E-state index contributed by atoms with van der Waals surface area (Å²) in [5, 5.41) is 6.66. The fourth-order valence-corrected chi connectivity index (χ4v) is 3.16. The standard InChI is InChI=1S/C25H27N3O4/c1-3-15-28(24(29)14-11-19-7-5-4-6-8-19)18-22-16-23(27-32-22)25(30)26-17-20-9-12-21(31-2)13-10-20/h3-10,12-13,16H,1,11,14-15,17-18H2,2H3,(H,26,30). The van der Waals surface area contributed by atoms with Gasteiger partial charge in [0.05, 0.1) is 13.7 Å². The Labute approximate surface area is 187 Å². The number of hydrogen-bond donors (Lipinski definition) is 1. The van der Waals surface area contributed by atoms with E-state index in [-0.39, 0.29) is 24.1 Å². The zero-order chi connectivity index (χ0) is 22.8. The van der Waals surface area contributed by atoms with Crippen LogP contribution in [0.1, 0.15) is 33.8 Å². The van der Waals surface area contributed by atoms with Crippen molar-refractivity contribution >= 4 is 11.8 Å². The van der Waals surface area contributed by atoms with E-state index in [1.165, 1.54) is 0 Å². The maximum absolute atomic E-state index is 12.7. The maximum Gasteiger partial charge on any atom is 0.273 e. The minimum atomic E-state index is -0.346. The average molecular weight is 434 g/mol. The first-order valence-electron chi connectivity index (χ1n) is 10.4. The first kappa shape index (κ1) is 22.8. The largest absolute Gasteiger partial charge is 0.497 e. The normalized spacial score (nSPS) is 10.4. The van der Waals surface area contributed by atoms with Crippen LogP contribution in [0.2, 0.25) is 0 Å². The quantitative estimate of drug-likeness (QED) is 0.466. The van der Waals surface area contributed by atoms with Gasteiger partial charge >= 0.3 is 0 Å². The third-order valence-electron chi connectivity index (χ3n) is 4.92. The molecule has 7 nitrogen and oxygen atoms in total. The molecule has 3 aromatic rings. The van der Waals surface area contributed by atoms with Crippen molar-refractivity contribution in [2.75, 3.05) is 13.7 Å². The Morgan fingerprint density at radius 1 is 1.12 bits per heavy atom. The average Bonchev–Trinajstić information content (AvgIpc) is 3.30. The Morgan fingerprint density at radius 3 is 2.56 bits per heavy atom. The predicted octanol–water partition coefficient (Wildman–Crippen LogP) is 3.76. The van der Waals surface area contributed by atoms with Gasteiger partial charge in [0.1, 0.15) is 5.75 Å². The van der Waals surface area contributed by atoms with Crippen LogP contribution in [0.3, 0.4) is 0 Å². The molecule has 0 aliphatic carbocycles. The molecule has 0 atom stereocenters. The molecule has 0 bridgehead atoms. The van der Waals surface area contributed by atoms with Crippen LogP contribution in [-0.4, -0.2) is 35.5 Å². The summed E-state index contributed by atoms with van der Waals surface area (Å²) in [6.45, 7) is 4.68. The number of aryl methyl sites for hydroxylation is 1. The molecule has 0 radical (unpaired) electrons. The van der Waals surface area contributed by atoms with Gasteiger partial charge in [0.15, 0.2) is 11.5 Å². The van der Waals surface area contributed by atoms with Crippen LogP contribution in [0.4, 0.5) is 0 Å². The number of benzene rings is 2. The Kier molecular flexibility index (Phi) is 8.20. The molecule has 32 heavy (non-hydrogen) atoms. The number of carbonyl (C=O) groups is 2. The molecule has 2 aromatic carbocycles. The molecule has 1 aromatic heterocycles. The Morgan fingerprint density at radius 2 is 1.88 bits per heavy atom. The Bertz CT molecular complexity index is 1030. The number of hydrogen-bond acceptors (Lipinski definition) is 5. The highest BCUT2D eigenvalue weighted by molar-refractivity contribution is 5.92. The number of nitrogens with one attached hydrogen (secondary N) is 1. The number of nitrogens with zero attached hydrogens (tertiary/aromatic N) is 2. The molecule has 0 aliphatic rings. The minimum absolute atomic E-state index is 0.0179. The topological polar surface area (TPSA) is 84.7 Å². The van der Waals surface area contributed by atoms with Crippen molar-refractivity contribution in [2.24, 2.45) is 0 Å². The van der Waals surface area contributed by atoms with Crippen molar-refractivity contribution in [3.8, 4) is 5.75 Å². The third kappa shape index (κ3) is 6.57. The highest BCUT2D eigenvalue weighted by Gasteiger charge is 2.18. The lowest BCUT2D eigenvalue weighted by Gasteiger charge is -2.19. The molecule has 1 N–H and O–H groups in total. The van der Waals surface area contributed by atoms with Crippen molar-refractivity contribution in [3.05, 3.63) is 95.9 Å². The number of ether oxygens (including phenoxy) is 1. The molecule has 0 saturated heterocycles. The van der Waals surface area contributed by atoms with Gasteiger partial charge < -0.3 is 19.5 Å². The summed E-state index contributed by atoms with van der Waals surface area (Å²) in [5.74, 6) is 0.829. The lowest BCUT2D eigenvalue weighted by Crippen LogP contribution is -2.30. The van der Waals surface area contributed by atoms with Crippen LogP contribution < -0.4 is 10.1 Å². The SMILES string of the molecule is C=CCN(Cc1cc(C(=O)NCc2ccc(OC)cc2)no1)C(=O)CCc1ccccc1. The molecule has 7 heteroatoms. The Hall–Kier alpha value is -3.87. The Balaban J connectivity index is 1.54. The number of methoxy groups -OCH3 is 1. The highest BCUT2D eigenvalue weighted by atomic mass is 16.5. The zero-order valence-electron chi connectivity index (χ0n) is 18.1. The zero-order valence-corrected chi connectivity index (χ0v) is 18.1. The van der Waals surface area contributed by atoms with E-state index in [9.17, 15) is 9.59 Å². The molecule has 0 spiro atoms. The van der Waals surface area contributed by atoms with E-state index in [4.69, 9.17) is 9.26 Å². The van der Waals surface area contributed by atoms with Crippen molar-refractivity contribution in [1.82, 2.24) is 15.4 Å². The van der Waals surface area contributed by atoms with Crippen LogP contribution in [-0.2, 0) is 24.3 Å². The van der Waals surface area contributed by atoms with Gasteiger partial charge in [-0.3, -0.25) is 9.59 Å². The van der Waals surface area contributed by atoms with Crippen LogP contribution >= 0.6 is 0 Å². The molecule has 0 unspecified atom stereocenters. The van der Waals surface area contributed by atoms with E-state index in [1.54, 1.807) is 24.2 Å². The molecule has 0 saturated carbocycles. The molecule has 0 aliphatic heterocycles. The summed E-state index contributed by atoms with van der Waals surface area (Å²) in [6, 6.07) is 18.8.